The molecule has 5 heteroatoms. The van der Waals surface area contributed by atoms with Gasteiger partial charge in [-0.15, -0.1) is 11.3 Å². The van der Waals surface area contributed by atoms with Crippen LogP contribution in [0.1, 0.15) is 22.5 Å². The van der Waals surface area contributed by atoms with Crippen molar-refractivity contribution in [2.24, 2.45) is 0 Å². The van der Waals surface area contributed by atoms with E-state index in [9.17, 15) is 4.79 Å². The number of nitriles is 1. The molecular weight excluding hydrogens is 270 g/mol. The molecule has 0 aliphatic rings. The van der Waals surface area contributed by atoms with Gasteiger partial charge >= 0.3 is 0 Å². The van der Waals surface area contributed by atoms with Gasteiger partial charge < -0.3 is 0 Å². The Hall–Kier alpha value is -2.45. The van der Waals surface area contributed by atoms with Crippen molar-refractivity contribution in [1.29, 1.82) is 5.26 Å². The minimum absolute atomic E-state index is 0.200. The number of rotatable bonds is 2. The lowest BCUT2D eigenvalue weighted by atomic mass is 10.1. The highest BCUT2D eigenvalue weighted by Crippen LogP contribution is 2.18. The number of benzene rings is 1. The van der Waals surface area contributed by atoms with Crippen LogP contribution >= 0.6 is 11.3 Å². The van der Waals surface area contributed by atoms with E-state index in [-0.39, 0.29) is 5.56 Å². The first-order chi connectivity index (χ1) is 9.67. The van der Waals surface area contributed by atoms with Gasteiger partial charge in [-0.1, -0.05) is 12.1 Å². The summed E-state index contributed by atoms with van der Waals surface area (Å²) in [5.74, 6) is 0. The van der Waals surface area contributed by atoms with E-state index in [0.717, 1.165) is 28.3 Å². The van der Waals surface area contributed by atoms with Crippen LogP contribution in [-0.4, -0.2) is 9.38 Å². The molecule has 0 aliphatic carbocycles. The van der Waals surface area contributed by atoms with E-state index in [2.05, 4.69) is 11.1 Å². The second-order valence-corrected chi connectivity index (χ2v) is 5.40. The zero-order valence-electron chi connectivity index (χ0n) is 10.8. The monoisotopic (exact) mass is 281 g/mol. The van der Waals surface area contributed by atoms with E-state index in [1.807, 2.05) is 41.0 Å². The van der Waals surface area contributed by atoms with E-state index >= 15 is 0 Å². The van der Waals surface area contributed by atoms with Crippen LogP contribution < -0.4 is 5.56 Å². The molecular formula is C15H11N3OS. The van der Waals surface area contributed by atoms with Gasteiger partial charge in [0.1, 0.15) is 0 Å². The van der Waals surface area contributed by atoms with Gasteiger partial charge in [-0.05, 0) is 24.6 Å². The van der Waals surface area contributed by atoms with Gasteiger partial charge in [-0.3, -0.25) is 9.20 Å². The fourth-order valence-corrected chi connectivity index (χ4v) is 3.14. The highest BCUT2D eigenvalue weighted by Gasteiger charge is 2.08. The summed E-state index contributed by atoms with van der Waals surface area (Å²) in [5.41, 5.74) is 3.58. The van der Waals surface area contributed by atoms with Gasteiger partial charge in [0, 0.05) is 29.3 Å². The number of aryl methyl sites for hydroxylation is 1. The van der Waals surface area contributed by atoms with Gasteiger partial charge in [-0.2, -0.15) is 10.2 Å². The number of hydrogen-bond donors (Lipinski definition) is 0. The third-order valence-corrected chi connectivity index (χ3v) is 4.01. The van der Waals surface area contributed by atoms with E-state index in [4.69, 9.17) is 5.26 Å². The largest absolute Gasteiger partial charge is 0.293 e. The number of nitrogens with zero attached hydrogens (tertiary/aromatic N) is 3. The molecule has 2 aromatic heterocycles. The first-order valence-electron chi connectivity index (χ1n) is 6.13. The second kappa shape index (κ2) is 4.91. The molecule has 0 saturated carbocycles. The summed E-state index contributed by atoms with van der Waals surface area (Å²) >= 11 is 1.47. The maximum absolute atomic E-state index is 11.4. The number of aromatic nitrogens is 2. The molecule has 0 aliphatic heterocycles. The zero-order valence-corrected chi connectivity index (χ0v) is 11.6. The maximum Gasteiger partial charge on any atom is 0.274 e. The molecule has 4 nitrogen and oxygen atoms in total. The Morgan fingerprint density at radius 1 is 1.35 bits per heavy atom. The van der Waals surface area contributed by atoms with E-state index in [1.165, 1.54) is 11.3 Å². The third kappa shape index (κ3) is 2.22. The molecule has 20 heavy (non-hydrogen) atoms. The standard InChI is InChI=1S/C15H11N3OS/c1-10-6-14(19)17-15-18(10)13(9-20-15)7-11-2-4-12(8-16)5-3-11/h2-6,9H,7H2,1H3. The Labute approximate surface area is 119 Å². The first kappa shape index (κ1) is 12.6. The van der Waals surface area contributed by atoms with E-state index in [0.29, 0.717) is 5.56 Å². The van der Waals surface area contributed by atoms with Gasteiger partial charge in [0.2, 0.25) is 0 Å². The molecule has 0 N–H and O–H groups in total. The van der Waals surface area contributed by atoms with Gasteiger partial charge in [0.05, 0.1) is 11.6 Å². The molecule has 0 amide bonds. The Kier molecular flexibility index (Phi) is 3.09. The number of fused-ring (bicyclic) bond motifs is 1. The average Bonchev–Trinajstić information content (AvgIpc) is 2.82. The van der Waals surface area contributed by atoms with Crippen LogP contribution in [0.5, 0.6) is 0 Å². The topological polar surface area (TPSA) is 58.2 Å². The Bertz CT molecular complexity index is 869. The molecule has 3 aromatic rings. The molecule has 1 aromatic carbocycles. The minimum Gasteiger partial charge on any atom is -0.293 e. The first-order valence-corrected chi connectivity index (χ1v) is 7.01. The van der Waals surface area contributed by atoms with Crippen molar-refractivity contribution in [2.75, 3.05) is 0 Å². The van der Waals surface area contributed by atoms with Crippen molar-refractivity contribution in [1.82, 2.24) is 9.38 Å². The van der Waals surface area contributed by atoms with Crippen molar-refractivity contribution in [2.45, 2.75) is 13.3 Å². The van der Waals surface area contributed by atoms with Crippen LogP contribution in [0, 0.1) is 18.3 Å². The van der Waals surface area contributed by atoms with Gasteiger partial charge in [-0.25, -0.2) is 0 Å². The van der Waals surface area contributed by atoms with E-state index in [1.54, 1.807) is 6.07 Å². The molecule has 3 rings (SSSR count). The molecule has 2 heterocycles. The second-order valence-electron chi connectivity index (χ2n) is 4.57. The summed E-state index contributed by atoms with van der Waals surface area (Å²) in [5, 5.41) is 10.8. The van der Waals surface area contributed by atoms with Crippen LogP contribution in [-0.2, 0) is 6.42 Å². The van der Waals surface area contributed by atoms with Crippen molar-refractivity contribution >= 4 is 16.3 Å². The van der Waals surface area contributed by atoms with Crippen LogP contribution in [0.4, 0.5) is 0 Å². The molecule has 0 bridgehead atoms. The molecule has 0 unspecified atom stereocenters. The summed E-state index contributed by atoms with van der Waals surface area (Å²) in [6.45, 7) is 1.91. The number of hydrogen-bond acceptors (Lipinski definition) is 4. The summed E-state index contributed by atoms with van der Waals surface area (Å²) in [6, 6.07) is 11.2. The molecule has 0 atom stereocenters. The third-order valence-electron chi connectivity index (χ3n) is 3.14. The Balaban J connectivity index is 2.02. The molecule has 0 spiro atoms. The SMILES string of the molecule is Cc1cc(=O)nc2scc(Cc3ccc(C#N)cc3)n12. The van der Waals surface area contributed by atoms with Crippen LogP contribution in [0.15, 0.2) is 40.5 Å². The lowest BCUT2D eigenvalue weighted by molar-refractivity contribution is 0.953. The number of thiazole rings is 1. The molecule has 98 valence electrons. The average molecular weight is 281 g/mol. The predicted octanol–water partition coefficient (Wildman–Crippen LogP) is 2.53. The van der Waals surface area contributed by atoms with Crippen molar-refractivity contribution in [3.05, 3.63) is 68.6 Å². The highest BCUT2D eigenvalue weighted by molar-refractivity contribution is 7.15. The van der Waals surface area contributed by atoms with Crippen molar-refractivity contribution < 1.29 is 0 Å². The van der Waals surface area contributed by atoms with Gasteiger partial charge in [0.25, 0.3) is 5.56 Å². The normalized spacial score (nSPS) is 10.6. The van der Waals surface area contributed by atoms with Crippen molar-refractivity contribution in [3.63, 3.8) is 0 Å². The van der Waals surface area contributed by atoms with Gasteiger partial charge in [0.15, 0.2) is 4.96 Å². The lowest BCUT2D eigenvalue weighted by Crippen LogP contribution is -2.10. The van der Waals surface area contributed by atoms with Crippen LogP contribution in [0.3, 0.4) is 0 Å². The fourth-order valence-electron chi connectivity index (χ4n) is 2.20. The van der Waals surface area contributed by atoms with Crippen LogP contribution in [0.2, 0.25) is 0 Å². The Morgan fingerprint density at radius 2 is 2.10 bits per heavy atom. The quantitative estimate of drug-likeness (QED) is 0.725. The lowest BCUT2D eigenvalue weighted by Gasteiger charge is -2.05. The summed E-state index contributed by atoms with van der Waals surface area (Å²) in [4.78, 5) is 16.1. The molecule has 0 radical (unpaired) electrons. The summed E-state index contributed by atoms with van der Waals surface area (Å²) < 4.78 is 2.00. The predicted molar refractivity (Wildman–Crippen MR) is 78.0 cm³/mol. The fraction of sp³-hybridized carbons (Fsp3) is 0.133. The Morgan fingerprint density at radius 3 is 2.80 bits per heavy atom. The zero-order chi connectivity index (χ0) is 14.1. The van der Waals surface area contributed by atoms with E-state index < -0.39 is 0 Å². The van der Waals surface area contributed by atoms with Crippen molar-refractivity contribution in [3.8, 4) is 6.07 Å². The smallest absolute Gasteiger partial charge is 0.274 e. The minimum atomic E-state index is -0.200. The molecule has 0 saturated heterocycles. The van der Waals surface area contributed by atoms with Crippen LogP contribution in [0.25, 0.3) is 4.96 Å². The summed E-state index contributed by atoms with van der Waals surface area (Å²) in [7, 11) is 0. The maximum atomic E-state index is 11.4. The summed E-state index contributed by atoms with van der Waals surface area (Å²) in [6.07, 6.45) is 0.747. The highest BCUT2D eigenvalue weighted by atomic mass is 32.1. The molecule has 0 fully saturated rings.